The Balaban J connectivity index is 1.78. The van der Waals surface area contributed by atoms with Gasteiger partial charge in [0.15, 0.2) is 0 Å². The molecule has 0 atom stereocenters. The summed E-state index contributed by atoms with van der Waals surface area (Å²) in [5, 5.41) is 10.7. The van der Waals surface area contributed by atoms with Gasteiger partial charge < -0.3 is 15.3 Å². The van der Waals surface area contributed by atoms with Crippen molar-refractivity contribution in [3.05, 3.63) is 39.9 Å². The van der Waals surface area contributed by atoms with Gasteiger partial charge in [-0.3, -0.25) is 10.1 Å². The average Bonchev–Trinajstić information content (AvgIpc) is 2.47. The predicted molar refractivity (Wildman–Crippen MR) is 78.7 cm³/mol. The SMILES string of the molecule is NCOB1CCN(CCc2cccc([N+](=O)[O-])c2)CC1. The molecule has 1 aliphatic heterocycles. The van der Waals surface area contributed by atoms with Crippen molar-refractivity contribution in [1.82, 2.24) is 4.90 Å². The van der Waals surface area contributed by atoms with Crippen LogP contribution in [0.2, 0.25) is 12.6 Å². The summed E-state index contributed by atoms with van der Waals surface area (Å²) < 4.78 is 5.41. The number of nitro groups is 1. The number of rotatable bonds is 6. The van der Waals surface area contributed by atoms with Crippen molar-refractivity contribution in [2.24, 2.45) is 5.73 Å². The molecular formula is C13H20BN3O3. The van der Waals surface area contributed by atoms with Crippen LogP contribution in [0.5, 0.6) is 0 Å². The van der Waals surface area contributed by atoms with Crippen molar-refractivity contribution >= 4 is 12.6 Å². The molecule has 6 nitrogen and oxygen atoms in total. The van der Waals surface area contributed by atoms with E-state index in [1.807, 2.05) is 6.07 Å². The number of nitrogens with two attached hydrogens (primary N) is 1. The van der Waals surface area contributed by atoms with Gasteiger partial charge in [-0.05, 0) is 37.7 Å². The number of non-ortho nitro benzene ring substituents is 1. The average molecular weight is 277 g/mol. The van der Waals surface area contributed by atoms with Gasteiger partial charge >= 0.3 is 0 Å². The second kappa shape index (κ2) is 7.37. The van der Waals surface area contributed by atoms with Crippen molar-refractivity contribution in [2.45, 2.75) is 19.1 Å². The van der Waals surface area contributed by atoms with Crippen LogP contribution in [-0.4, -0.2) is 43.1 Å². The van der Waals surface area contributed by atoms with Gasteiger partial charge in [-0.1, -0.05) is 12.1 Å². The molecule has 0 aliphatic carbocycles. The van der Waals surface area contributed by atoms with Crippen LogP contribution in [0.15, 0.2) is 24.3 Å². The lowest BCUT2D eigenvalue weighted by Crippen LogP contribution is -2.40. The number of benzene rings is 1. The Labute approximate surface area is 119 Å². The van der Waals surface area contributed by atoms with Crippen molar-refractivity contribution in [2.75, 3.05) is 26.4 Å². The quantitative estimate of drug-likeness (QED) is 0.367. The second-order valence-corrected chi connectivity index (χ2v) is 5.05. The molecule has 2 N–H and O–H groups in total. The minimum Gasteiger partial charge on any atom is -0.424 e. The van der Waals surface area contributed by atoms with Gasteiger partial charge in [-0.25, -0.2) is 0 Å². The minimum absolute atomic E-state index is 0.164. The van der Waals surface area contributed by atoms with E-state index in [1.165, 1.54) is 6.07 Å². The first-order chi connectivity index (χ1) is 9.69. The van der Waals surface area contributed by atoms with E-state index < -0.39 is 0 Å². The summed E-state index contributed by atoms with van der Waals surface area (Å²) in [6.45, 7) is 3.50. The smallest absolute Gasteiger partial charge is 0.297 e. The van der Waals surface area contributed by atoms with E-state index in [0.29, 0.717) is 6.73 Å². The molecule has 0 saturated carbocycles. The van der Waals surface area contributed by atoms with Crippen LogP contribution < -0.4 is 5.73 Å². The van der Waals surface area contributed by atoms with E-state index in [0.717, 1.165) is 44.3 Å². The number of nitro benzene ring substituents is 1. The first kappa shape index (κ1) is 15.0. The van der Waals surface area contributed by atoms with E-state index in [1.54, 1.807) is 12.1 Å². The molecule has 108 valence electrons. The Kier molecular flexibility index (Phi) is 5.52. The van der Waals surface area contributed by atoms with Crippen LogP contribution in [0.4, 0.5) is 5.69 Å². The molecule has 1 aromatic carbocycles. The van der Waals surface area contributed by atoms with Crippen LogP contribution in [-0.2, 0) is 11.1 Å². The summed E-state index contributed by atoms with van der Waals surface area (Å²) in [5.41, 5.74) is 6.55. The van der Waals surface area contributed by atoms with E-state index in [2.05, 4.69) is 4.90 Å². The molecule has 2 rings (SSSR count). The molecular weight excluding hydrogens is 257 g/mol. The molecule has 0 unspecified atom stereocenters. The van der Waals surface area contributed by atoms with Crippen LogP contribution in [0.25, 0.3) is 0 Å². The van der Waals surface area contributed by atoms with E-state index in [4.69, 9.17) is 10.4 Å². The third kappa shape index (κ3) is 4.30. The number of hydrogen-bond donors (Lipinski definition) is 1. The van der Waals surface area contributed by atoms with Crippen LogP contribution in [0.1, 0.15) is 5.56 Å². The third-order valence-corrected chi connectivity index (χ3v) is 3.70. The van der Waals surface area contributed by atoms with Gasteiger partial charge in [0.2, 0.25) is 0 Å². The Morgan fingerprint density at radius 3 is 2.80 bits per heavy atom. The van der Waals surface area contributed by atoms with Gasteiger partial charge in [0.05, 0.1) is 11.7 Å². The minimum atomic E-state index is -0.348. The van der Waals surface area contributed by atoms with Crippen LogP contribution in [0.3, 0.4) is 0 Å². The highest BCUT2D eigenvalue weighted by Gasteiger charge is 2.23. The Morgan fingerprint density at radius 2 is 2.15 bits per heavy atom. The zero-order valence-corrected chi connectivity index (χ0v) is 11.5. The summed E-state index contributed by atoms with van der Waals surface area (Å²) in [7, 11) is 0. The van der Waals surface area contributed by atoms with Gasteiger partial charge in [-0.15, -0.1) is 0 Å². The van der Waals surface area contributed by atoms with Crippen molar-refractivity contribution in [1.29, 1.82) is 0 Å². The molecule has 0 spiro atoms. The fraction of sp³-hybridized carbons (Fsp3) is 0.538. The lowest BCUT2D eigenvalue weighted by molar-refractivity contribution is -0.384. The summed E-state index contributed by atoms with van der Waals surface area (Å²) in [6, 6.07) is 6.87. The normalized spacial score (nSPS) is 16.4. The van der Waals surface area contributed by atoms with Crippen LogP contribution >= 0.6 is 0 Å². The molecule has 1 heterocycles. The highest BCUT2D eigenvalue weighted by molar-refractivity contribution is 6.52. The monoisotopic (exact) mass is 277 g/mol. The van der Waals surface area contributed by atoms with E-state index in [-0.39, 0.29) is 17.5 Å². The van der Waals surface area contributed by atoms with Crippen molar-refractivity contribution in [3.8, 4) is 0 Å². The zero-order chi connectivity index (χ0) is 14.4. The Morgan fingerprint density at radius 1 is 1.40 bits per heavy atom. The largest absolute Gasteiger partial charge is 0.424 e. The number of hydrogen-bond acceptors (Lipinski definition) is 5. The summed E-state index contributed by atoms with van der Waals surface area (Å²) in [5.74, 6) is 0. The second-order valence-electron chi connectivity index (χ2n) is 5.05. The van der Waals surface area contributed by atoms with E-state index in [9.17, 15) is 10.1 Å². The summed E-state index contributed by atoms with van der Waals surface area (Å²) in [4.78, 5) is 12.7. The molecule has 1 aliphatic rings. The van der Waals surface area contributed by atoms with Crippen LogP contribution in [0, 0.1) is 10.1 Å². The van der Waals surface area contributed by atoms with Crippen molar-refractivity contribution in [3.63, 3.8) is 0 Å². The van der Waals surface area contributed by atoms with Gasteiger partial charge in [0, 0.05) is 18.7 Å². The maximum absolute atomic E-state index is 10.7. The molecule has 1 saturated heterocycles. The Hall–Kier alpha value is -1.44. The fourth-order valence-electron chi connectivity index (χ4n) is 2.55. The summed E-state index contributed by atoms with van der Waals surface area (Å²) in [6.07, 6.45) is 2.85. The number of nitrogens with zero attached hydrogens (tertiary/aromatic N) is 2. The molecule has 1 aromatic rings. The molecule has 7 heteroatoms. The topological polar surface area (TPSA) is 81.6 Å². The standard InChI is InChI=1S/C13H20BN3O3/c15-11-20-14-5-8-16(9-6-14)7-4-12-2-1-3-13(10-12)17(18)19/h1-3,10H,4-9,11,15H2. The first-order valence-corrected chi connectivity index (χ1v) is 6.96. The third-order valence-electron chi connectivity index (χ3n) is 3.70. The van der Waals surface area contributed by atoms with Gasteiger partial charge in [-0.2, -0.15) is 0 Å². The summed E-state index contributed by atoms with van der Waals surface area (Å²) >= 11 is 0. The molecule has 1 fully saturated rings. The predicted octanol–water partition coefficient (Wildman–Crippen LogP) is 1.38. The van der Waals surface area contributed by atoms with Gasteiger partial charge in [0.1, 0.15) is 0 Å². The lowest BCUT2D eigenvalue weighted by atomic mass is 9.59. The highest BCUT2D eigenvalue weighted by atomic mass is 16.6. The Bertz CT molecular complexity index is 450. The zero-order valence-electron chi connectivity index (χ0n) is 11.5. The molecule has 0 amide bonds. The fourth-order valence-corrected chi connectivity index (χ4v) is 2.55. The maximum atomic E-state index is 10.7. The van der Waals surface area contributed by atoms with Gasteiger partial charge in [0.25, 0.3) is 12.6 Å². The molecule has 0 radical (unpaired) electrons. The molecule has 20 heavy (non-hydrogen) atoms. The van der Waals surface area contributed by atoms with E-state index >= 15 is 0 Å². The highest BCUT2D eigenvalue weighted by Crippen LogP contribution is 2.16. The lowest BCUT2D eigenvalue weighted by Gasteiger charge is -2.29. The molecule has 0 aromatic heterocycles. The van der Waals surface area contributed by atoms with Crippen molar-refractivity contribution < 1.29 is 9.58 Å². The first-order valence-electron chi connectivity index (χ1n) is 6.96. The molecule has 0 bridgehead atoms. The maximum Gasteiger partial charge on any atom is 0.297 e.